The molecule has 0 saturated heterocycles. The third-order valence-electron chi connectivity index (χ3n) is 2.65. The van der Waals surface area contributed by atoms with Crippen molar-refractivity contribution in [1.29, 1.82) is 5.26 Å². The van der Waals surface area contributed by atoms with E-state index in [-0.39, 0.29) is 5.69 Å². The van der Waals surface area contributed by atoms with Gasteiger partial charge < -0.3 is 10.0 Å². The number of hydrogen-bond donors (Lipinski definition) is 1. The first-order valence-electron chi connectivity index (χ1n) is 5.52. The molecular weight excluding hydrogens is 234 g/mol. The van der Waals surface area contributed by atoms with E-state index in [1.54, 1.807) is 31.0 Å². The van der Waals surface area contributed by atoms with E-state index in [4.69, 9.17) is 5.26 Å². The van der Waals surface area contributed by atoms with Crippen LogP contribution in [0.5, 0.6) is 0 Å². The van der Waals surface area contributed by atoms with Gasteiger partial charge in [0.05, 0.1) is 23.5 Å². The fraction of sp³-hybridized carbons (Fsp3) is 0.417. The summed E-state index contributed by atoms with van der Waals surface area (Å²) in [5.41, 5.74) is 0.882. The molecule has 0 aromatic heterocycles. The minimum absolute atomic E-state index is 0.0613. The maximum absolute atomic E-state index is 11.0. The van der Waals surface area contributed by atoms with Gasteiger partial charge in [-0.05, 0) is 18.6 Å². The van der Waals surface area contributed by atoms with Gasteiger partial charge in [0.15, 0.2) is 0 Å². The molecular formula is C12H15N3O3. The number of anilines is 1. The number of benzene rings is 1. The third-order valence-corrected chi connectivity index (χ3v) is 2.65. The van der Waals surface area contributed by atoms with Crippen LogP contribution in [0.3, 0.4) is 0 Å². The highest BCUT2D eigenvalue weighted by Crippen LogP contribution is 2.30. The molecule has 0 fully saturated rings. The summed E-state index contributed by atoms with van der Waals surface area (Å²) in [6.45, 7) is 1.98. The fourth-order valence-corrected chi connectivity index (χ4v) is 1.61. The molecule has 96 valence electrons. The van der Waals surface area contributed by atoms with Gasteiger partial charge in [0, 0.05) is 19.7 Å². The molecule has 1 aromatic rings. The van der Waals surface area contributed by atoms with Crippen LogP contribution in [0.1, 0.15) is 25.0 Å². The number of nitro benzene ring substituents is 1. The molecule has 0 heterocycles. The predicted molar refractivity (Wildman–Crippen MR) is 67.2 cm³/mol. The Hall–Kier alpha value is -2.13. The van der Waals surface area contributed by atoms with E-state index in [1.807, 2.05) is 6.07 Å². The van der Waals surface area contributed by atoms with Crippen LogP contribution in [0, 0.1) is 21.4 Å². The first-order valence-corrected chi connectivity index (χ1v) is 5.52. The van der Waals surface area contributed by atoms with Gasteiger partial charge in [-0.25, -0.2) is 0 Å². The maximum atomic E-state index is 11.0. The molecule has 0 unspecified atom stereocenters. The van der Waals surface area contributed by atoms with Crippen molar-refractivity contribution in [2.45, 2.75) is 19.4 Å². The summed E-state index contributed by atoms with van der Waals surface area (Å²) in [5.74, 6) is 0. The van der Waals surface area contributed by atoms with Gasteiger partial charge in [-0.2, -0.15) is 5.26 Å². The number of aliphatic hydroxyl groups excluding tert-OH is 1. The van der Waals surface area contributed by atoms with Gasteiger partial charge in [-0.3, -0.25) is 10.1 Å². The second-order valence-electron chi connectivity index (χ2n) is 4.01. The highest BCUT2D eigenvalue weighted by molar-refractivity contribution is 5.64. The van der Waals surface area contributed by atoms with Gasteiger partial charge in [0.25, 0.3) is 5.69 Å². The molecule has 1 rings (SSSR count). The maximum Gasteiger partial charge on any atom is 0.292 e. The molecule has 0 aliphatic rings. The van der Waals surface area contributed by atoms with E-state index < -0.39 is 11.0 Å². The zero-order valence-corrected chi connectivity index (χ0v) is 10.3. The molecule has 1 N–H and O–H groups in total. The number of rotatable bonds is 5. The smallest absolute Gasteiger partial charge is 0.292 e. The third kappa shape index (κ3) is 3.18. The summed E-state index contributed by atoms with van der Waals surface area (Å²) in [6.07, 6.45) is -0.451. The average molecular weight is 249 g/mol. The van der Waals surface area contributed by atoms with Crippen molar-refractivity contribution in [2.75, 3.05) is 18.5 Å². The van der Waals surface area contributed by atoms with Gasteiger partial charge >= 0.3 is 0 Å². The molecule has 6 nitrogen and oxygen atoms in total. The van der Waals surface area contributed by atoms with Crippen LogP contribution in [0.15, 0.2) is 18.2 Å². The highest BCUT2D eigenvalue weighted by Gasteiger charge is 2.18. The monoisotopic (exact) mass is 249 g/mol. The van der Waals surface area contributed by atoms with Crippen molar-refractivity contribution in [3.63, 3.8) is 0 Å². The van der Waals surface area contributed by atoms with Crippen molar-refractivity contribution < 1.29 is 10.0 Å². The lowest BCUT2D eigenvalue weighted by Gasteiger charge is -2.18. The second kappa shape index (κ2) is 5.98. The van der Waals surface area contributed by atoms with Gasteiger partial charge in [0.2, 0.25) is 0 Å². The first kappa shape index (κ1) is 13.9. The Labute approximate surface area is 105 Å². The minimum atomic E-state index is -0.748. The topological polar surface area (TPSA) is 90.4 Å². The van der Waals surface area contributed by atoms with E-state index in [9.17, 15) is 15.2 Å². The Bertz CT molecular complexity index is 480. The first-order chi connectivity index (χ1) is 8.47. The van der Waals surface area contributed by atoms with Crippen LogP contribution in [-0.4, -0.2) is 23.6 Å². The van der Waals surface area contributed by atoms with E-state index in [2.05, 4.69) is 0 Å². The van der Waals surface area contributed by atoms with Crippen LogP contribution in [0.25, 0.3) is 0 Å². The Morgan fingerprint density at radius 1 is 1.61 bits per heavy atom. The zero-order valence-electron chi connectivity index (χ0n) is 10.3. The van der Waals surface area contributed by atoms with Gasteiger partial charge in [-0.1, -0.05) is 6.07 Å². The van der Waals surface area contributed by atoms with Crippen molar-refractivity contribution in [1.82, 2.24) is 0 Å². The van der Waals surface area contributed by atoms with Crippen molar-refractivity contribution >= 4 is 11.4 Å². The van der Waals surface area contributed by atoms with Crippen LogP contribution in [-0.2, 0) is 0 Å². The lowest BCUT2D eigenvalue weighted by molar-refractivity contribution is -0.384. The summed E-state index contributed by atoms with van der Waals surface area (Å²) in [6, 6.07) is 6.60. The lowest BCUT2D eigenvalue weighted by atomic mass is 10.1. The van der Waals surface area contributed by atoms with Crippen LogP contribution >= 0.6 is 0 Å². The molecule has 0 amide bonds. The van der Waals surface area contributed by atoms with E-state index >= 15 is 0 Å². The van der Waals surface area contributed by atoms with E-state index in [0.29, 0.717) is 24.2 Å². The van der Waals surface area contributed by atoms with E-state index in [1.165, 1.54) is 6.07 Å². The number of nitrogens with zero attached hydrogens (tertiary/aromatic N) is 3. The largest absolute Gasteiger partial charge is 0.389 e. The summed E-state index contributed by atoms with van der Waals surface area (Å²) < 4.78 is 0. The SMILES string of the molecule is C[C@H](O)c1ccc(N(C)CCC#N)c([N+](=O)[O-])c1. The Balaban J connectivity index is 3.12. The molecule has 6 heteroatoms. The quantitative estimate of drug-likeness (QED) is 0.636. The van der Waals surface area contributed by atoms with Crippen LogP contribution < -0.4 is 4.90 Å². The molecule has 1 aromatic carbocycles. The summed E-state index contributed by atoms with van der Waals surface area (Å²) >= 11 is 0. The zero-order chi connectivity index (χ0) is 13.7. The Morgan fingerprint density at radius 2 is 2.28 bits per heavy atom. The molecule has 0 bridgehead atoms. The van der Waals surface area contributed by atoms with Gasteiger partial charge in [-0.15, -0.1) is 0 Å². The highest BCUT2D eigenvalue weighted by atomic mass is 16.6. The fourth-order valence-electron chi connectivity index (χ4n) is 1.61. The van der Waals surface area contributed by atoms with Crippen molar-refractivity contribution in [3.05, 3.63) is 33.9 Å². The number of nitro groups is 1. The Morgan fingerprint density at radius 3 is 2.78 bits per heavy atom. The summed E-state index contributed by atoms with van der Waals surface area (Å²) in [5, 5.41) is 28.9. The van der Waals surface area contributed by atoms with Crippen LogP contribution in [0.2, 0.25) is 0 Å². The molecule has 0 aliphatic carbocycles. The predicted octanol–water partition coefficient (Wildman–Crippen LogP) is 2.00. The molecule has 0 aliphatic heterocycles. The number of aliphatic hydroxyl groups is 1. The summed E-state index contributed by atoms with van der Waals surface area (Å²) in [7, 11) is 1.70. The normalized spacial score (nSPS) is 11.7. The Kier molecular flexibility index (Phi) is 4.63. The molecule has 0 spiro atoms. The molecule has 0 saturated carbocycles. The molecule has 18 heavy (non-hydrogen) atoms. The average Bonchev–Trinajstić information content (AvgIpc) is 2.34. The molecule has 0 radical (unpaired) electrons. The second-order valence-corrected chi connectivity index (χ2v) is 4.01. The van der Waals surface area contributed by atoms with Crippen molar-refractivity contribution in [3.8, 4) is 6.07 Å². The summed E-state index contributed by atoms with van der Waals surface area (Å²) in [4.78, 5) is 12.2. The van der Waals surface area contributed by atoms with Crippen LogP contribution in [0.4, 0.5) is 11.4 Å². The van der Waals surface area contributed by atoms with Gasteiger partial charge in [0.1, 0.15) is 5.69 Å². The minimum Gasteiger partial charge on any atom is -0.389 e. The van der Waals surface area contributed by atoms with E-state index in [0.717, 1.165) is 0 Å². The molecule has 1 atom stereocenters. The number of nitriles is 1. The lowest BCUT2D eigenvalue weighted by Crippen LogP contribution is -2.19. The standard InChI is InChI=1S/C12H15N3O3/c1-9(16)10-4-5-11(12(8-10)15(17)18)14(2)7-3-6-13/h4-5,8-9,16H,3,7H2,1-2H3/t9-/m0/s1. The number of hydrogen-bond acceptors (Lipinski definition) is 5. The van der Waals surface area contributed by atoms with Crippen molar-refractivity contribution in [2.24, 2.45) is 0 Å².